The van der Waals surface area contributed by atoms with Crippen molar-refractivity contribution in [3.8, 4) is 5.75 Å². The lowest BCUT2D eigenvalue weighted by atomic mass is 9.95. The first-order valence-corrected chi connectivity index (χ1v) is 10.1. The molecule has 0 bridgehead atoms. The number of phenolic OH excluding ortho intramolecular Hbond substituents is 1. The van der Waals surface area contributed by atoms with Crippen molar-refractivity contribution in [3.63, 3.8) is 0 Å². The molecule has 1 fully saturated rings. The zero-order chi connectivity index (χ0) is 22.2. The number of H-pyrrole nitrogens is 1. The fraction of sp³-hybridized carbons (Fsp3) is 0.0800. The minimum absolute atomic E-state index is 0.00864. The third-order valence-electron chi connectivity index (χ3n) is 5.67. The number of aromatic hydroxyl groups is 1. The Balaban J connectivity index is 1.69. The Morgan fingerprint density at radius 3 is 2.56 bits per heavy atom. The third-order valence-corrected chi connectivity index (χ3v) is 5.67. The third kappa shape index (κ3) is 3.20. The van der Waals surface area contributed by atoms with Gasteiger partial charge in [-0.3, -0.25) is 14.6 Å². The van der Waals surface area contributed by atoms with Crippen LogP contribution in [0.5, 0.6) is 5.75 Å². The molecule has 158 valence electrons. The summed E-state index contributed by atoms with van der Waals surface area (Å²) in [6, 6.07) is 16.4. The number of likely N-dealkylation sites (tertiary alicyclic amines) is 1. The fourth-order valence-electron chi connectivity index (χ4n) is 4.15. The van der Waals surface area contributed by atoms with Gasteiger partial charge >= 0.3 is 0 Å². The Hall–Kier alpha value is -4.39. The highest BCUT2D eigenvalue weighted by Gasteiger charge is 2.46. The number of benzene rings is 2. The number of rotatable bonds is 4. The Morgan fingerprint density at radius 1 is 1.03 bits per heavy atom. The van der Waals surface area contributed by atoms with Crippen LogP contribution in [0, 0.1) is 0 Å². The van der Waals surface area contributed by atoms with Gasteiger partial charge in [-0.1, -0.05) is 36.4 Å². The van der Waals surface area contributed by atoms with Crippen LogP contribution in [0.3, 0.4) is 0 Å². The average molecular weight is 425 g/mol. The number of carbonyl (C=O) groups excluding carboxylic acids is 2. The monoisotopic (exact) mass is 425 g/mol. The van der Waals surface area contributed by atoms with Gasteiger partial charge < -0.3 is 20.1 Å². The molecular formula is C25H19N3O4. The summed E-state index contributed by atoms with van der Waals surface area (Å²) in [5, 5.41) is 21.7. The molecule has 1 unspecified atom stereocenters. The summed E-state index contributed by atoms with van der Waals surface area (Å²) >= 11 is 0. The predicted octanol–water partition coefficient (Wildman–Crippen LogP) is 3.89. The lowest BCUT2D eigenvalue weighted by molar-refractivity contribution is -0.140. The van der Waals surface area contributed by atoms with Crippen molar-refractivity contribution in [2.45, 2.75) is 12.6 Å². The lowest BCUT2D eigenvalue weighted by Crippen LogP contribution is -2.29. The van der Waals surface area contributed by atoms with E-state index < -0.39 is 17.7 Å². The van der Waals surface area contributed by atoms with Gasteiger partial charge in [-0.15, -0.1) is 0 Å². The van der Waals surface area contributed by atoms with Crippen LogP contribution in [0.4, 0.5) is 0 Å². The van der Waals surface area contributed by atoms with Crippen molar-refractivity contribution in [3.05, 3.63) is 102 Å². The molecule has 2 aromatic heterocycles. The number of hydrogen-bond donors (Lipinski definition) is 3. The van der Waals surface area contributed by atoms with E-state index in [-0.39, 0.29) is 23.6 Å². The second-order valence-corrected chi connectivity index (χ2v) is 7.63. The normalized spacial score (nSPS) is 17.9. The van der Waals surface area contributed by atoms with Gasteiger partial charge in [0.1, 0.15) is 11.5 Å². The summed E-state index contributed by atoms with van der Waals surface area (Å²) < 4.78 is 0. The number of nitrogens with zero attached hydrogens (tertiary/aromatic N) is 2. The van der Waals surface area contributed by atoms with E-state index >= 15 is 0 Å². The number of pyridine rings is 1. The van der Waals surface area contributed by atoms with Crippen molar-refractivity contribution >= 4 is 28.4 Å². The molecule has 7 nitrogen and oxygen atoms in total. The quantitative estimate of drug-likeness (QED) is 0.261. The molecule has 1 aliphatic heterocycles. The van der Waals surface area contributed by atoms with Gasteiger partial charge in [-0.25, -0.2) is 0 Å². The average Bonchev–Trinajstić information content (AvgIpc) is 3.35. The van der Waals surface area contributed by atoms with Gasteiger partial charge in [0.2, 0.25) is 0 Å². The lowest BCUT2D eigenvalue weighted by Gasteiger charge is -2.25. The van der Waals surface area contributed by atoms with E-state index in [2.05, 4.69) is 9.97 Å². The molecule has 4 aromatic rings. The molecule has 0 saturated carbocycles. The van der Waals surface area contributed by atoms with Gasteiger partial charge in [0.15, 0.2) is 0 Å². The maximum atomic E-state index is 13.1. The van der Waals surface area contributed by atoms with Gasteiger partial charge in [-0.2, -0.15) is 0 Å². The molecule has 7 heteroatoms. The van der Waals surface area contributed by atoms with Crippen molar-refractivity contribution in [2.24, 2.45) is 0 Å². The number of amides is 1. The van der Waals surface area contributed by atoms with Crippen LogP contribution < -0.4 is 0 Å². The zero-order valence-corrected chi connectivity index (χ0v) is 16.9. The Bertz CT molecular complexity index is 1360. The number of carbonyl (C=O) groups is 2. The number of nitrogens with one attached hydrogen (secondary N) is 1. The summed E-state index contributed by atoms with van der Waals surface area (Å²) in [7, 11) is 0. The Morgan fingerprint density at radius 2 is 1.81 bits per heavy atom. The molecule has 1 atom stereocenters. The second kappa shape index (κ2) is 7.70. The van der Waals surface area contributed by atoms with Crippen LogP contribution in [0.2, 0.25) is 0 Å². The van der Waals surface area contributed by atoms with Crippen LogP contribution in [0.15, 0.2) is 84.8 Å². The topological polar surface area (TPSA) is 107 Å². The largest absolute Gasteiger partial charge is 0.508 e. The van der Waals surface area contributed by atoms with Gasteiger partial charge in [-0.05, 0) is 35.4 Å². The van der Waals surface area contributed by atoms with Crippen LogP contribution in [-0.2, 0) is 16.1 Å². The zero-order valence-electron chi connectivity index (χ0n) is 16.9. The molecule has 3 N–H and O–H groups in total. The highest BCUT2D eigenvalue weighted by molar-refractivity contribution is 6.46. The SMILES string of the molecule is O=C1C(=O)N(Cc2cccnc2)C(c2ccc(O)cc2)/C1=C(/O)c1c[nH]c2ccccc12. The second-order valence-electron chi connectivity index (χ2n) is 7.63. The number of aromatic amines is 1. The molecular weight excluding hydrogens is 406 g/mol. The standard InChI is InChI=1S/C25H19N3O4/c29-17-9-7-16(8-10-17)22-21(23(30)19-13-27-20-6-2-1-5-18(19)20)24(31)25(32)28(22)14-15-4-3-11-26-12-15/h1-13,22,27,29-30H,14H2/b23-21-. The van der Waals surface area contributed by atoms with Gasteiger partial charge in [0.05, 0.1) is 11.6 Å². The predicted molar refractivity (Wildman–Crippen MR) is 118 cm³/mol. The van der Waals surface area contributed by atoms with E-state index in [9.17, 15) is 19.8 Å². The van der Waals surface area contributed by atoms with Gasteiger partial charge in [0.25, 0.3) is 11.7 Å². The number of para-hydroxylation sites is 1. The van der Waals surface area contributed by atoms with E-state index in [1.807, 2.05) is 30.3 Å². The number of fused-ring (bicyclic) bond motifs is 1. The van der Waals surface area contributed by atoms with Crippen LogP contribution in [-0.4, -0.2) is 36.8 Å². The van der Waals surface area contributed by atoms with E-state index in [1.165, 1.54) is 17.0 Å². The first-order valence-electron chi connectivity index (χ1n) is 10.1. The number of aliphatic hydroxyl groups excluding tert-OH is 1. The molecule has 0 aliphatic carbocycles. The molecule has 2 aromatic carbocycles. The van der Waals surface area contributed by atoms with E-state index in [0.717, 1.165) is 16.5 Å². The van der Waals surface area contributed by atoms with E-state index in [4.69, 9.17) is 0 Å². The number of ketones is 1. The van der Waals surface area contributed by atoms with Gasteiger partial charge in [0, 0.05) is 41.6 Å². The number of phenols is 1. The molecule has 0 radical (unpaired) electrons. The molecule has 32 heavy (non-hydrogen) atoms. The van der Waals surface area contributed by atoms with Crippen LogP contribution >= 0.6 is 0 Å². The first-order chi connectivity index (χ1) is 15.5. The van der Waals surface area contributed by atoms with E-state index in [1.54, 1.807) is 36.8 Å². The smallest absolute Gasteiger partial charge is 0.295 e. The van der Waals surface area contributed by atoms with E-state index in [0.29, 0.717) is 11.1 Å². The van der Waals surface area contributed by atoms with Crippen LogP contribution in [0.1, 0.15) is 22.7 Å². The summed E-state index contributed by atoms with van der Waals surface area (Å²) in [6.45, 7) is 0.147. The highest BCUT2D eigenvalue weighted by Crippen LogP contribution is 2.41. The molecule has 1 aliphatic rings. The maximum absolute atomic E-state index is 13.1. The van der Waals surface area contributed by atoms with Crippen LogP contribution in [0.25, 0.3) is 16.7 Å². The fourth-order valence-corrected chi connectivity index (χ4v) is 4.15. The number of aromatic nitrogens is 2. The molecule has 3 heterocycles. The summed E-state index contributed by atoms with van der Waals surface area (Å²) in [5.74, 6) is -1.63. The highest BCUT2D eigenvalue weighted by atomic mass is 16.3. The molecule has 1 amide bonds. The number of aliphatic hydroxyl groups is 1. The maximum Gasteiger partial charge on any atom is 0.295 e. The summed E-state index contributed by atoms with van der Waals surface area (Å²) in [5.41, 5.74) is 2.62. The number of Topliss-reactive ketones (excluding diaryl/α,β-unsaturated/α-hetero) is 1. The molecule has 0 spiro atoms. The first kappa shape index (κ1) is 19.6. The van der Waals surface area contributed by atoms with Crippen molar-refractivity contribution in [2.75, 3.05) is 0 Å². The van der Waals surface area contributed by atoms with Crippen molar-refractivity contribution in [1.82, 2.24) is 14.9 Å². The Kier molecular flexibility index (Phi) is 4.71. The Labute approximate surface area is 183 Å². The molecule has 1 saturated heterocycles. The van der Waals surface area contributed by atoms with Crippen molar-refractivity contribution < 1.29 is 19.8 Å². The van der Waals surface area contributed by atoms with Crippen molar-refractivity contribution in [1.29, 1.82) is 0 Å². The number of hydrogen-bond acceptors (Lipinski definition) is 5. The minimum Gasteiger partial charge on any atom is -0.508 e. The molecule has 5 rings (SSSR count). The summed E-state index contributed by atoms with van der Waals surface area (Å²) in [4.78, 5) is 34.8. The minimum atomic E-state index is -0.815. The summed E-state index contributed by atoms with van der Waals surface area (Å²) in [6.07, 6.45) is 4.89.